The van der Waals surface area contributed by atoms with Crippen LogP contribution in [0.3, 0.4) is 0 Å². The van der Waals surface area contributed by atoms with Crippen LogP contribution in [0.4, 0.5) is 0 Å². The van der Waals surface area contributed by atoms with E-state index in [1.807, 2.05) is 0 Å². The Labute approximate surface area is 107 Å². The summed E-state index contributed by atoms with van der Waals surface area (Å²) in [6.45, 7) is 3.52. The van der Waals surface area contributed by atoms with Crippen LogP contribution in [-0.4, -0.2) is 12.1 Å². The molecule has 1 heterocycles. The average molecular weight is 254 g/mol. The Balaban J connectivity index is 2.10. The number of hydrogen-bond acceptors (Lipinski definition) is 4. The van der Waals surface area contributed by atoms with E-state index >= 15 is 0 Å². The van der Waals surface area contributed by atoms with E-state index in [0.29, 0.717) is 19.1 Å². The first-order valence-corrected chi connectivity index (χ1v) is 7.23. The van der Waals surface area contributed by atoms with Crippen LogP contribution in [0.2, 0.25) is 0 Å². The highest BCUT2D eigenvalue weighted by atomic mass is 32.1. The number of nitrogens with zero attached hydrogens (tertiary/aromatic N) is 1. The number of aromatic nitrogens is 1. The summed E-state index contributed by atoms with van der Waals surface area (Å²) in [5.41, 5.74) is 6.81. The van der Waals surface area contributed by atoms with Gasteiger partial charge in [-0.05, 0) is 18.8 Å². The largest absolute Gasteiger partial charge is 0.378 e. The van der Waals surface area contributed by atoms with Gasteiger partial charge in [0.1, 0.15) is 0 Å². The van der Waals surface area contributed by atoms with Crippen molar-refractivity contribution in [1.29, 1.82) is 0 Å². The molecule has 1 aliphatic carbocycles. The van der Waals surface area contributed by atoms with Crippen molar-refractivity contribution >= 4 is 11.3 Å². The van der Waals surface area contributed by atoms with Gasteiger partial charge in [0.25, 0.3) is 0 Å². The van der Waals surface area contributed by atoms with E-state index in [0.717, 1.165) is 11.6 Å². The molecule has 0 amide bonds. The van der Waals surface area contributed by atoms with Gasteiger partial charge in [-0.3, -0.25) is 0 Å². The Hall–Kier alpha value is -0.450. The molecule has 1 aromatic heterocycles. The van der Waals surface area contributed by atoms with Crippen molar-refractivity contribution < 1.29 is 4.74 Å². The van der Waals surface area contributed by atoms with Gasteiger partial charge in [-0.1, -0.05) is 19.8 Å². The van der Waals surface area contributed by atoms with E-state index in [1.165, 1.54) is 35.6 Å². The van der Waals surface area contributed by atoms with Gasteiger partial charge in [0.05, 0.1) is 17.3 Å². The molecule has 96 valence electrons. The minimum atomic E-state index is 0.583. The van der Waals surface area contributed by atoms with Gasteiger partial charge in [0.15, 0.2) is 0 Å². The normalized spacial score (nSPS) is 25.1. The molecule has 1 fully saturated rings. The summed E-state index contributed by atoms with van der Waals surface area (Å²) in [6.07, 6.45) is 5.24. The molecule has 2 rings (SSSR count). The van der Waals surface area contributed by atoms with Crippen molar-refractivity contribution in [2.24, 2.45) is 11.7 Å². The van der Waals surface area contributed by atoms with Crippen molar-refractivity contribution in [2.75, 3.05) is 7.11 Å². The lowest BCUT2D eigenvalue weighted by molar-refractivity contribution is 0.181. The fourth-order valence-corrected chi connectivity index (χ4v) is 3.61. The van der Waals surface area contributed by atoms with Gasteiger partial charge in [-0.2, -0.15) is 0 Å². The third-order valence-electron chi connectivity index (χ3n) is 3.63. The predicted octanol–water partition coefficient (Wildman–Crippen LogP) is 3.04. The second-order valence-electron chi connectivity index (χ2n) is 5.02. The van der Waals surface area contributed by atoms with E-state index < -0.39 is 0 Å². The molecule has 17 heavy (non-hydrogen) atoms. The molecule has 0 aliphatic heterocycles. The van der Waals surface area contributed by atoms with Gasteiger partial charge < -0.3 is 10.5 Å². The van der Waals surface area contributed by atoms with Crippen molar-refractivity contribution in [2.45, 2.75) is 51.7 Å². The molecule has 1 aromatic rings. The predicted molar refractivity (Wildman–Crippen MR) is 71.1 cm³/mol. The van der Waals surface area contributed by atoms with Crippen LogP contribution in [-0.2, 0) is 17.9 Å². The molecule has 1 aliphatic rings. The maximum Gasteiger partial charge on any atom is 0.0963 e. The molecular weight excluding hydrogens is 232 g/mol. The van der Waals surface area contributed by atoms with Crippen LogP contribution in [0.25, 0.3) is 0 Å². The van der Waals surface area contributed by atoms with Crippen LogP contribution in [0.5, 0.6) is 0 Å². The first kappa shape index (κ1) is 13.0. The molecule has 0 atom stereocenters. The molecule has 4 heteroatoms. The Bertz CT molecular complexity index is 356. The summed E-state index contributed by atoms with van der Waals surface area (Å²) in [5.74, 6) is 1.55. The number of hydrogen-bond donors (Lipinski definition) is 1. The van der Waals surface area contributed by atoms with E-state index in [-0.39, 0.29) is 0 Å². The highest BCUT2D eigenvalue weighted by Gasteiger charge is 2.23. The minimum absolute atomic E-state index is 0.583. The van der Waals surface area contributed by atoms with Crippen molar-refractivity contribution in [1.82, 2.24) is 4.98 Å². The second-order valence-corrected chi connectivity index (χ2v) is 6.13. The van der Waals surface area contributed by atoms with Crippen LogP contribution in [0, 0.1) is 5.92 Å². The van der Waals surface area contributed by atoms with Gasteiger partial charge >= 0.3 is 0 Å². The molecule has 3 nitrogen and oxygen atoms in total. The summed E-state index contributed by atoms with van der Waals surface area (Å²) in [4.78, 5) is 5.93. The molecule has 0 bridgehead atoms. The molecule has 0 radical (unpaired) electrons. The number of thiazole rings is 1. The van der Waals surface area contributed by atoms with Crippen molar-refractivity contribution in [3.05, 3.63) is 15.6 Å². The highest BCUT2D eigenvalue weighted by molar-refractivity contribution is 7.11. The van der Waals surface area contributed by atoms with Crippen LogP contribution in [0.1, 0.15) is 54.1 Å². The Morgan fingerprint density at radius 1 is 1.35 bits per heavy atom. The summed E-state index contributed by atoms with van der Waals surface area (Å²) in [7, 11) is 1.71. The van der Waals surface area contributed by atoms with E-state index in [1.54, 1.807) is 18.4 Å². The van der Waals surface area contributed by atoms with Crippen LogP contribution in [0.15, 0.2) is 0 Å². The van der Waals surface area contributed by atoms with Crippen LogP contribution >= 0.6 is 11.3 Å². The first-order chi connectivity index (χ1) is 8.24. The minimum Gasteiger partial charge on any atom is -0.378 e. The van der Waals surface area contributed by atoms with Gasteiger partial charge in [-0.25, -0.2) is 4.98 Å². The van der Waals surface area contributed by atoms with Crippen LogP contribution < -0.4 is 5.73 Å². The smallest absolute Gasteiger partial charge is 0.0963 e. The lowest BCUT2D eigenvalue weighted by Gasteiger charge is -2.24. The number of ether oxygens (including phenoxy) is 1. The fraction of sp³-hybridized carbons (Fsp3) is 0.769. The highest BCUT2D eigenvalue weighted by Crippen LogP contribution is 2.38. The molecular formula is C13H22N2OS. The van der Waals surface area contributed by atoms with Gasteiger partial charge in [0.2, 0.25) is 0 Å². The SMILES string of the molecule is COCc1nc(C2CCC(C)CC2)sc1CN. The number of methoxy groups -OCH3 is 1. The van der Waals surface area contributed by atoms with Gasteiger partial charge in [-0.15, -0.1) is 11.3 Å². The van der Waals surface area contributed by atoms with E-state index in [2.05, 4.69) is 6.92 Å². The molecule has 0 saturated heterocycles. The zero-order chi connectivity index (χ0) is 12.3. The average Bonchev–Trinajstić information content (AvgIpc) is 2.74. The zero-order valence-electron chi connectivity index (χ0n) is 10.7. The topological polar surface area (TPSA) is 48.1 Å². The molecule has 1 saturated carbocycles. The second kappa shape index (κ2) is 5.94. The molecule has 2 N–H and O–H groups in total. The Kier molecular flexibility index (Phi) is 4.54. The van der Waals surface area contributed by atoms with Crippen molar-refractivity contribution in [3.63, 3.8) is 0 Å². The molecule has 0 spiro atoms. The third kappa shape index (κ3) is 3.06. The van der Waals surface area contributed by atoms with E-state index in [9.17, 15) is 0 Å². The molecule has 0 aromatic carbocycles. The fourth-order valence-electron chi connectivity index (χ4n) is 2.49. The lowest BCUT2D eigenvalue weighted by Crippen LogP contribution is -2.10. The zero-order valence-corrected chi connectivity index (χ0v) is 11.6. The maximum atomic E-state index is 5.76. The van der Waals surface area contributed by atoms with E-state index in [4.69, 9.17) is 15.5 Å². The number of nitrogens with two attached hydrogens (primary N) is 1. The summed E-state index contributed by atoms with van der Waals surface area (Å²) in [6, 6.07) is 0. The first-order valence-electron chi connectivity index (χ1n) is 6.42. The monoisotopic (exact) mass is 254 g/mol. The standard InChI is InChI=1S/C13H22N2OS/c1-9-3-5-10(6-4-9)13-15-11(8-16-2)12(7-14)17-13/h9-10H,3-8,14H2,1-2H3. The third-order valence-corrected chi connectivity index (χ3v) is 4.91. The van der Waals surface area contributed by atoms with Crippen molar-refractivity contribution in [3.8, 4) is 0 Å². The summed E-state index contributed by atoms with van der Waals surface area (Å²) >= 11 is 1.79. The quantitative estimate of drug-likeness (QED) is 0.898. The summed E-state index contributed by atoms with van der Waals surface area (Å²) in [5, 5.41) is 1.28. The maximum absolute atomic E-state index is 5.76. The number of rotatable bonds is 4. The Morgan fingerprint density at radius 2 is 2.06 bits per heavy atom. The molecule has 0 unspecified atom stereocenters. The Morgan fingerprint density at radius 3 is 2.65 bits per heavy atom. The summed E-state index contributed by atoms with van der Waals surface area (Å²) < 4.78 is 5.18. The van der Waals surface area contributed by atoms with Gasteiger partial charge in [0, 0.05) is 24.4 Å². The lowest BCUT2D eigenvalue weighted by atomic mass is 9.83.